The fraction of sp³-hybridized carbons (Fsp3) is 0.471. The molecule has 0 saturated carbocycles. The third kappa shape index (κ3) is 3.42. The number of aryl methyl sites for hydroxylation is 3. The van der Waals surface area contributed by atoms with Crippen LogP contribution < -0.4 is 11.1 Å². The molecule has 0 aliphatic rings. The third-order valence-corrected chi connectivity index (χ3v) is 5.20. The Kier molecular flexibility index (Phi) is 4.82. The number of aromatic nitrogens is 4. The number of nitrogens with two attached hydrogens (primary N) is 1. The summed E-state index contributed by atoms with van der Waals surface area (Å²) < 4.78 is 0. The highest BCUT2D eigenvalue weighted by Crippen LogP contribution is 2.33. The van der Waals surface area contributed by atoms with Gasteiger partial charge in [0.1, 0.15) is 16.5 Å². The van der Waals surface area contributed by atoms with Gasteiger partial charge < -0.3 is 11.1 Å². The maximum Gasteiger partial charge on any atom is 0.139 e. The molecule has 0 aliphatic carbocycles. The van der Waals surface area contributed by atoms with E-state index in [4.69, 9.17) is 10.7 Å². The van der Waals surface area contributed by atoms with Gasteiger partial charge in [0.15, 0.2) is 0 Å². The summed E-state index contributed by atoms with van der Waals surface area (Å²) in [6.45, 7) is 8.97. The molecule has 0 fully saturated rings. The lowest BCUT2D eigenvalue weighted by atomic mass is 10.1. The number of rotatable bonds is 6. The first-order valence-corrected chi connectivity index (χ1v) is 9.03. The van der Waals surface area contributed by atoms with Gasteiger partial charge in [-0.15, -0.1) is 11.3 Å². The van der Waals surface area contributed by atoms with Crippen LogP contribution in [0.25, 0.3) is 10.2 Å². The van der Waals surface area contributed by atoms with Gasteiger partial charge in [-0.1, -0.05) is 0 Å². The molecule has 3 aromatic heterocycles. The van der Waals surface area contributed by atoms with Crippen molar-refractivity contribution in [2.75, 3.05) is 11.9 Å². The van der Waals surface area contributed by atoms with E-state index >= 15 is 0 Å². The molecule has 1 atom stereocenters. The highest BCUT2D eigenvalue weighted by molar-refractivity contribution is 7.18. The predicted molar refractivity (Wildman–Crippen MR) is 99.8 cm³/mol. The molecule has 0 aromatic carbocycles. The summed E-state index contributed by atoms with van der Waals surface area (Å²) in [5.74, 6) is 1.71. The molecule has 0 aliphatic heterocycles. The van der Waals surface area contributed by atoms with Crippen LogP contribution in [-0.4, -0.2) is 32.8 Å². The van der Waals surface area contributed by atoms with E-state index in [1.54, 1.807) is 11.3 Å². The van der Waals surface area contributed by atoms with Crippen LogP contribution in [-0.2, 0) is 12.8 Å². The molecule has 7 heteroatoms. The minimum Gasteiger partial charge on any atom is -0.367 e. The number of aromatic amines is 1. The Morgan fingerprint density at radius 1 is 1.29 bits per heavy atom. The zero-order valence-electron chi connectivity index (χ0n) is 14.6. The van der Waals surface area contributed by atoms with Crippen molar-refractivity contribution in [3.05, 3.63) is 33.7 Å². The molecule has 24 heavy (non-hydrogen) atoms. The minimum absolute atomic E-state index is 0.219. The summed E-state index contributed by atoms with van der Waals surface area (Å²) in [6, 6.07) is 2.30. The van der Waals surface area contributed by atoms with Crippen molar-refractivity contribution in [2.45, 2.75) is 46.6 Å². The zero-order chi connectivity index (χ0) is 17.3. The van der Waals surface area contributed by atoms with E-state index in [0.29, 0.717) is 13.0 Å². The molecule has 128 valence electrons. The maximum atomic E-state index is 5.69. The molecule has 0 bridgehead atoms. The predicted octanol–water partition coefficient (Wildman–Crippen LogP) is 2.88. The molecule has 3 heterocycles. The topological polar surface area (TPSA) is 92.5 Å². The standard InChI is InChI=1S/C17H24N6S/c1-9(7-13-8-10(2)22-23-13)19-16-15-11(3)12(4)24-17(15)21-14(20-16)5-6-18/h8-9H,5-7,18H2,1-4H3,(H,22,23)(H,19,20,21)/t9-/m1/s1. The highest BCUT2D eigenvalue weighted by atomic mass is 32.1. The molecule has 0 unspecified atom stereocenters. The number of hydrogen-bond donors (Lipinski definition) is 3. The van der Waals surface area contributed by atoms with Crippen LogP contribution >= 0.6 is 11.3 Å². The second kappa shape index (κ2) is 6.86. The van der Waals surface area contributed by atoms with E-state index in [1.807, 2.05) is 6.92 Å². The smallest absolute Gasteiger partial charge is 0.139 e. The molecule has 3 aromatic rings. The summed E-state index contributed by atoms with van der Waals surface area (Å²) in [5.41, 5.74) is 9.07. The van der Waals surface area contributed by atoms with Gasteiger partial charge in [0.25, 0.3) is 0 Å². The van der Waals surface area contributed by atoms with Gasteiger partial charge in [0.2, 0.25) is 0 Å². The van der Waals surface area contributed by atoms with E-state index in [0.717, 1.165) is 39.7 Å². The monoisotopic (exact) mass is 344 g/mol. The van der Waals surface area contributed by atoms with Crippen LogP contribution in [0.3, 0.4) is 0 Å². The average molecular weight is 344 g/mol. The van der Waals surface area contributed by atoms with Crippen LogP contribution in [0, 0.1) is 20.8 Å². The molecular formula is C17H24N6S. The Balaban J connectivity index is 1.91. The first kappa shape index (κ1) is 16.9. The van der Waals surface area contributed by atoms with Gasteiger partial charge in [0, 0.05) is 29.5 Å². The molecule has 6 nitrogen and oxygen atoms in total. The fourth-order valence-corrected chi connectivity index (χ4v) is 3.86. The zero-order valence-corrected chi connectivity index (χ0v) is 15.4. The van der Waals surface area contributed by atoms with Gasteiger partial charge in [-0.3, -0.25) is 5.10 Å². The Morgan fingerprint density at radius 3 is 2.75 bits per heavy atom. The third-order valence-electron chi connectivity index (χ3n) is 4.10. The minimum atomic E-state index is 0.219. The first-order chi connectivity index (χ1) is 11.5. The Labute approximate surface area is 145 Å². The lowest BCUT2D eigenvalue weighted by Gasteiger charge is -2.15. The van der Waals surface area contributed by atoms with E-state index < -0.39 is 0 Å². The summed E-state index contributed by atoms with van der Waals surface area (Å²) >= 11 is 1.72. The lowest BCUT2D eigenvalue weighted by Crippen LogP contribution is -2.20. The van der Waals surface area contributed by atoms with Gasteiger partial charge in [-0.05, 0) is 45.9 Å². The number of fused-ring (bicyclic) bond motifs is 1. The van der Waals surface area contributed by atoms with E-state index in [-0.39, 0.29) is 6.04 Å². The quantitative estimate of drug-likeness (QED) is 0.639. The molecule has 0 spiro atoms. The van der Waals surface area contributed by atoms with Crippen molar-refractivity contribution in [3.63, 3.8) is 0 Å². The van der Waals surface area contributed by atoms with Gasteiger partial charge in [-0.2, -0.15) is 5.10 Å². The van der Waals surface area contributed by atoms with Crippen molar-refractivity contribution in [2.24, 2.45) is 5.73 Å². The molecular weight excluding hydrogens is 320 g/mol. The fourth-order valence-electron chi connectivity index (χ4n) is 2.82. The second-order valence-corrected chi connectivity index (χ2v) is 7.49. The van der Waals surface area contributed by atoms with Gasteiger partial charge in [-0.25, -0.2) is 9.97 Å². The molecule has 4 N–H and O–H groups in total. The number of H-pyrrole nitrogens is 1. The van der Waals surface area contributed by atoms with Gasteiger partial charge in [0.05, 0.1) is 11.1 Å². The number of nitrogens with one attached hydrogen (secondary N) is 2. The normalized spacial score (nSPS) is 12.7. The molecule has 0 amide bonds. The van der Waals surface area contributed by atoms with E-state index in [2.05, 4.69) is 47.3 Å². The molecule has 0 radical (unpaired) electrons. The van der Waals surface area contributed by atoms with Crippen LogP contribution in [0.2, 0.25) is 0 Å². The summed E-state index contributed by atoms with van der Waals surface area (Å²) in [6.07, 6.45) is 1.53. The largest absolute Gasteiger partial charge is 0.367 e. The van der Waals surface area contributed by atoms with Crippen molar-refractivity contribution in [1.29, 1.82) is 0 Å². The Morgan fingerprint density at radius 2 is 2.08 bits per heavy atom. The van der Waals surface area contributed by atoms with Crippen molar-refractivity contribution in [1.82, 2.24) is 20.2 Å². The number of thiophene rings is 1. The van der Waals surface area contributed by atoms with Crippen LogP contribution in [0.15, 0.2) is 6.07 Å². The summed E-state index contributed by atoms with van der Waals surface area (Å²) in [5, 5.41) is 12.0. The van der Waals surface area contributed by atoms with Crippen LogP contribution in [0.4, 0.5) is 5.82 Å². The summed E-state index contributed by atoms with van der Waals surface area (Å²) in [4.78, 5) is 11.7. The number of nitrogens with zero attached hydrogens (tertiary/aromatic N) is 3. The Bertz CT molecular complexity index is 850. The van der Waals surface area contributed by atoms with E-state index in [9.17, 15) is 0 Å². The maximum absolute atomic E-state index is 5.69. The molecule has 0 saturated heterocycles. The average Bonchev–Trinajstić information content (AvgIpc) is 3.03. The Hall–Kier alpha value is -1.99. The van der Waals surface area contributed by atoms with Crippen LogP contribution in [0.1, 0.15) is 34.6 Å². The number of anilines is 1. The van der Waals surface area contributed by atoms with Crippen molar-refractivity contribution >= 4 is 27.4 Å². The highest BCUT2D eigenvalue weighted by Gasteiger charge is 2.16. The first-order valence-electron chi connectivity index (χ1n) is 8.22. The van der Waals surface area contributed by atoms with Crippen LogP contribution in [0.5, 0.6) is 0 Å². The summed E-state index contributed by atoms with van der Waals surface area (Å²) in [7, 11) is 0. The van der Waals surface area contributed by atoms with E-state index in [1.165, 1.54) is 10.4 Å². The van der Waals surface area contributed by atoms with Gasteiger partial charge >= 0.3 is 0 Å². The number of hydrogen-bond acceptors (Lipinski definition) is 6. The van der Waals surface area contributed by atoms with Crippen molar-refractivity contribution in [3.8, 4) is 0 Å². The van der Waals surface area contributed by atoms with Crippen molar-refractivity contribution < 1.29 is 0 Å². The molecule has 3 rings (SSSR count). The lowest BCUT2D eigenvalue weighted by molar-refractivity contribution is 0.758. The second-order valence-electron chi connectivity index (χ2n) is 6.28. The SMILES string of the molecule is Cc1cc(C[C@@H](C)Nc2nc(CCN)nc3sc(C)c(C)c23)n[nH]1.